The average Bonchev–Trinajstić information content (AvgIpc) is 3.17. The molecule has 6 nitrogen and oxygen atoms in total. The molecule has 0 radical (unpaired) electrons. The molecule has 0 saturated carbocycles. The van der Waals surface area contributed by atoms with Crippen molar-refractivity contribution < 1.29 is 9.59 Å². The first-order valence-corrected chi connectivity index (χ1v) is 9.56. The van der Waals surface area contributed by atoms with Crippen LogP contribution in [0.15, 0.2) is 54.6 Å². The zero-order chi connectivity index (χ0) is 19.7. The van der Waals surface area contributed by atoms with Crippen molar-refractivity contribution in [1.82, 2.24) is 20.0 Å². The highest BCUT2D eigenvalue weighted by Gasteiger charge is 2.36. The summed E-state index contributed by atoms with van der Waals surface area (Å²) >= 11 is 0. The highest BCUT2D eigenvalue weighted by atomic mass is 16.2. The molecule has 4 rings (SSSR count). The van der Waals surface area contributed by atoms with Crippen LogP contribution in [0.25, 0.3) is 10.9 Å². The molecule has 0 unspecified atom stereocenters. The lowest BCUT2D eigenvalue weighted by atomic mass is 9.83. The van der Waals surface area contributed by atoms with Gasteiger partial charge in [0.2, 0.25) is 5.91 Å². The molecule has 2 aromatic carbocycles. The number of piperazine rings is 1. The molecule has 0 aliphatic carbocycles. The fraction of sp³-hybridized carbons (Fsp3) is 0.318. The van der Waals surface area contributed by atoms with Crippen molar-refractivity contribution in [3.63, 3.8) is 0 Å². The number of aromatic nitrogens is 2. The number of nitrogens with zero attached hydrogens (tertiary/aromatic N) is 3. The molecule has 1 aliphatic heterocycles. The summed E-state index contributed by atoms with van der Waals surface area (Å²) in [6.45, 7) is 6.00. The molecule has 144 valence electrons. The van der Waals surface area contributed by atoms with Crippen molar-refractivity contribution in [3.8, 4) is 0 Å². The summed E-state index contributed by atoms with van der Waals surface area (Å²) in [6.07, 6.45) is 0. The van der Waals surface area contributed by atoms with Crippen LogP contribution in [0.5, 0.6) is 0 Å². The summed E-state index contributed by atoms with van der Waals surface area (Å²) in [6, 6.07) is 17.4. The van der Waals surface area contributed by atoms with Gasteiger partial charge in [0.25, 0.3) is 5.91 Å². The Morgan fingerprint density at radius 1 is 0.893 bits per heavy atom. The molecule has 0 atom stereocenters. The van der Waals surface area contributed by atoms with Crippen molar-refractivity contribution in [2.45, 2.75) is 19.3 Å². The van der Waals surface area contributed by atoms with Gasteiger partial charge in [0.1, 0.15) is 0 Å². The van der Waals surface area contributed by atoms with Crippen LogP contribution in [0.2, 0.25) is 0 Å². The largest absolute Gasteiger partial charge is 0.338 e. The van der Waals surface area contributed by atoms with Gasteiger partial charge in [-0.25, -0.2) is 0 Å². The maximum atomic E-state index is 13.1. The van der Waals surface area contributed by atoms with E-state index in [4.69, 9.17) is 0 Å². The van der Waals surface area contributed by atoms with Crippen molar-refractivity contribution in [2.75, 3.05) is 26.2 Å². The van der Waals surface area contributed by atoms with Gasteiger partial charge < -0.3 is 9.80 Å². The monoisotopic (exact) mass is 376 g/mol. The minimum atomic E-state index is -0.591. The molecular formula is C22H24N4O2. The first-order valence-electron chi connectivity index (χ1n) is 9.56. The van der Waals surface area contributed by atoms with E-state index >= 15 is 0 Å². The molecule has 1 saturated heterocycles. The van der Waals surface area contributed by atoms with Gasteiger partial charge in [0, 0.05) is 31.6 Å². The second kappa shape index (κ2) is 7.11. The quantitative estimate of drug-likeness (QED) is 0.764. The van der Waals surface area contributed by atoms with E-state index in [1.807, 2.05) is 73.3 Å². The number of fused-ring (bicyclic) bond motifs is 1. The highest BCUT2D eigenvalue weighted by molar-refractivity contribution is 6.04. The lowest BCUT2D eigenvalue weighted by molar-refractivity contribution is -0.137. The van der Waals surface area contributed by atoms with Crippen LogP contribution in [0.3, 0.4) is 0 Å². The molecule has 1 aliphatic rings. The summed E-state index contributed by atoms with van der Waals surface area (Å²) in [4.78, 5) is 29.7. The van der Waals surface area contributed by atoms with E-state index in [0.717, 1.165) is 16.5 Å². The molecule has 1 N–H and O–H groups in total. The highest BCUT2D eigenvalue weighted by Crippen LogP contribution is 2.26. The number of rotatable bonds is 3. The number of hydrogen-bond acceptors (Lipinski definition) is 3. The van der Waals surface area contributed by atoms with Crippen LogP contribution < -0.4 is 0 Å². The molecule has 1 fully saturated rings. The second-order valence-corrected chi connectivity index (χ2v) is 7.69. The Balaban J connectivity index is 1.44. The number of nitrogens with one attached hydrogen (secondary N) is 1. The molecule has 0 bridgehead atoms. The lowest BCUT2D eigenvalue weighted by Gasteiger charge is -2.38. The minimum absolute atomic E-state index is 0.0909. The SMILES string of the molecule is CC(C)(C(=O)N1CCN(C(=O)c2n[nH]c3ccccc23)CC1)c1ccccc1. The van der Waals surface area contributed by atoms with Gasteiger partial charge in [-0.15, -0.1) is 0 Å². The maximum absolute atomic E-state index is 13.1. The van der Waals surface area contributed by atoms with E-state index in [-0.39, 0.29) is 11.8 Å². The third-order valence-electron chi connectivity index (χ3n) is 5.56. The van der Waals surface area contributed by atoms with Crippen molar-refractivity contribution in [2.24, 2.45) is 0 Å². The fourth-order valence-electron chi connectivity index (χ4n) is 3.76. The van der Waals surface area contributed by atoms with Crippen LogP contribution in [0, 0.1) is 0 Å². The Morgan fingerprint density at radius 2 is 1.50 bits per heavy atom. The van der Waals surface area contributed by atoms with Crippen LogP contribution in [0.1, 0.15) is 29.9 Å². The van der Waals surface area contributed by atoms with Crippen molar-refractivity contribution >= 4 is 22.7 Å². The smallest absolute Gasteiger partial charge is 0.275 e. The molecule has 2 heterocycles. The number of para-hydroxylation sites is 1. The first-order chi connectivity index (χ1) is 13.5. The number of benzene rings is 2. The molecule has 1 aromatic heterocycles. The number of H-pyrrole nitrogens is 1. The van der Waals surface area contributed by atoms with Gasteiger partial charge in [0.05, 0.1) is 10.9 Å². The zero-order valence-corrected chi connectivity index (χ0v) is 16.2. The zero-order valence-electron chi connectivity index (χ0n) is 16.2. The van der Waals surface area contributed by atoms with Gasteiger partial charge in [-0.2, -0.15) is 5.10 Å². The summed E-state index contributed by atoms with van der Waals surface area (Å²) in [7, 11) is 0. The minimum Gasteiger partial charge on any atom is -0.338 e. The predicted octanol–water partition coefficient (Wildman–Crippen LogP) is 2.83. The van der Waals surface area contributed by atoms with Crippen molar-refractivity contribution in [3.05, 3.63) is 65.9 Å². The topological polar surface area (TPSA) is 69.3 Å². The standard InChI is InChI=1S/C22H24N4O2/c1-22(2,16-8-4-3-5-9-16)21(28)26-14-12-25(13-15-26)20(27)19-17-10-6-7-11-18(17)23-24-19/h3-11H,12-15H2,1-2H3,(H,23,24). The summed E-state index contributed by atoms with van der Waals surface area (Å²) in [5.41, 5.74) is 1.71. The average molecular weight is 376 g/mol. The van der Waals surface area contributed by atoms with Crippen LogP contribution in [-0.2, 0) is 10.2 Å². The van der Waals surface area contributed by atoms with Gasteiger partial charge in [-0.05, 0) is 25.5 Å². The van der Waals surface area contributed by atoms with Gasteiger partial charge in [0.15, 0.2) is 5.69 Å². The molecule has 3 aromatic rings. The number of hydrogen-bond donors (Lipinski definition) is 1. The van der Waals surface area contributed by atoms with Crippen LogP contribution in [-0.4, -0.2) is 58.0 Å². The Labute approximate surface area is 164 Å². The van der Waals surface area contributed by atoms with Gasteiger partial charge in [-0.3, -0.25) is 14.7 Å². The number of carbonyl (C=O) groups excluding carboxylic acids is 2. The molecule has 6 heteroatoms. The van der Waals surface area contributed by atoms with E-state index < -0.39 is 5.41 Å². The third-order valence-corrected chi connectivity index (χ3v) is 5.56. The Bertz CT molecular complexity index is 1000. The van der Waals surface area contributed by atoms with Gasteiger partial charge >= 0.3 is 0 Å². The second-order valence-electron chi connectivity index (χ2n) is 7.69. The van der Waals surface area contributed by atoms with E-state index in [1.165, 1.54) is 0 Å². The molecule has 28 heavy (non-hydrogen) atoms. The molecule has 2 amide bonds. The molecular weight excluding hydrogens is 352 g/mol. The van der Waals surface area contributed by atoms with E-state index in [1.54, 1.807) is 4.90 Å². The van der Waals surface area contributed by atoms with E-state index in [2.05, 4.69) is 10.2 Å². The summed E-state index contributed by atoms with van der Waals surface area (Å²) in [5.74, 6) is 0.00267. The van der Waals surface area contributed by atoms with Crippen LogP contribution in [0.4, 0.5) is 0 Å². The summed E-state index contributed by atoms with van der Waals surface area (Å²) < 4.78 is 0. The Hall–Kier alpha value is -3.15. The summed E-state index contributed by atoms with van der Waals surface area (Å²) in [5, 5.41) is 7.95. The third kappa shape index (κ3) is 3.15. The first kappa shape index (κ1) is 18.2. The van der Waals surface area contributed by atoms with Crippen molar-refractivity contribution in [1.29, 1.82) is 0 Å². The number of carbonyl (C=O) groups is 2. The lowest BCUT2D eigenvalue weighted by Crippen LogP contribution is -2.54. The number of aromatic amines is 1. The Kier molecular flexibility index (Phi) is 4.63. The number of amides is 2. The fourth-order valence-corrected chi connectivity index (χ4v) is 3.76. The van der Waals surface area contributed by atoms with E-state index in [0.29, 0.717) is 31.9 Å². The normalized spacial score (nSPS) is 15.1. The van der Waals surface area contributed by atoms with Gasteiger partial charge in [-0.1, -0.05) is 48.5 Å². The molecule has 0 spiro atoms. The predicted molar refractivity (Wildman–Crippen MR) is 108 cm³/mol. The van der Waals surface area contributed by atoms with Crippen LogP contribution >= 0.6 is 0 Å². The maximum Gasteiger partial charge on any atom is 0.275 e. The van der Waals surface area contributed by atoms with E-state index in [9.17, 15) is 9.59 Å². The Morgan fingerprint density at radius 3 is 2.21 bits per heavy atom.